The minimum atomic E-state index is -1.37. The van der Waals surface area contributed by atoms with Gasteiger partial charge in [0.1, 0.15) is 12.0 Å². The van der Waals surface area contributed by atoms with Crippen molar-refractivity contribution in [1.82, 2.24) is 25.5 Å². The van der Waals surface area contributed by atoms with E-state index in [2.05, 4.69) is 30.8 Å². The highest BCUT2D eigenvalue weighted by molar-refractivity contribution is 5.82. The normalized spacial score (nSPS) is 14.4. The van der Waals surface area contributed by atoms with Crippen LogP contribution in [0, 0.1) is 0 Å². The Labute approximate surface area is 178 Å². The number of nitrogens with one attached hydrogen (secondary N) is 3. The van der Waals surface area contributed by atoms with Gasteiger partial charge in [0.05, 0.1) is 18.1 Å². The number of halogens is 1. The molecule has 1 fully saturated rings. The largest absolute Gasteiger partial charge is 0.353 e. The number of benzene rings is 2. The van der Waals surface area contributed by atoms with Crippen LogP contribution in [0.4, 0.5) is 15.9 Å². The van der Waals surface area contributed by atoms with Gasteiger partial charge in [-0.2, -0.15) is 5.10 Å². The van der Waals surface area contributed by atoms with Gasteiger partial charge in [0.25, 0.3) is 0 Å². The molecule has 0 saturated heterocycles. The zero-order valence-electron chi connectivity index (χ0n) is 16.7. The van der Waals surface area contributed by atoms with E-state index in [0.717, 1.165) is 29.4 Å². The Balaban J connectivity index is 1.32. The van der Waals surface area contributed by atoms with Crippen LogP contribution < -0.4 is 10.6 Å². The molecule has 8 heteroatoms. The number of H-pyrrole nitrogens is 1. The highest BCUT2D eigenvalue weighted by Gasteiger charge is 2.25. The average molecular weight is 416 g/mol. The third kappa shape index (κ3) is 4.53. The van der Waals surface area contributed by atoms with Gasteiger partial charge in [-0.15, -0.1) is 0 Å². The number of fused-ring (bicyclic) bond motifs is 1. The highest BCUT2D eigenvalue weighted by atomic mass is 19.1. The maximum absolute atomic E-state index is 14.7. The van der Waals surface area contributed by atoms with E-state index >= 15 is 0 Å². The monoisotopic (exact) mass is 416 g/mol. The van der Waals surface area contributed by atoms with E-state index in [1.54, 1.807) is 36.7 Å². The number of alkyl halides is 1. The predicted octanol–water partition coefficient (Wildman–Crippen LogP) is 4.44. The third-order valence-corrected chi connectivity index (χ3v) is 5.18. The topological polar surface area (TPSA) is 95.6 Å². The number of aromatic nitrogens is 4. The summed E-state index contributed by atoms with van der Waals surface area (Å²) >= 11 is 0. The minimum absolute atomic E-state index is 0.182. The van der Waals surface area contributed by atoms with Crippen molar-refractivity contribution in [2.24, 2.45) is 0 Å². The van der Waals surface area contributed by atoms with E-state index in [1.165, 1.54) is 0 Å². The van der Waals surface area contributed by atoms with E-state index in [4.69, 9.17) is 0 Å². The zero-order chi connectivity index (χ0) is 21.2. The van der Waals surface area contributed by atoms with E-state index in [1.807, 2.05) is 24.3 Å². The molecule has 2 heterocycles. The van der Waals surface area contributed by atoms with E-state index < -0.39 is 6.17 Å². The number of anilines is 2. The fourth-order valence-corrected chi connectivity index (χ4v) is 3.40. The van der Waals surface area contributed by atoms with Crippen LogP contribution in [0.1, 0.15) is 31.0 Å². The molecule has 1 aliphatic rings. The maximum atomic E-state index is 14.7. The number of rotatable bonds is 7. The average Bonchev–Trinajstić information content (AvgIpc) is 3.46. The van der Waals surface area contributed by atoms with Crippen LogP contribution in [-0.2, 0) is 4.79 Å². The number of hydrogen-bond donors (Lipinski definition) is 3. The molecule has 4 aromatic rings. The Morgan fingerprint density at radius 1 is 1.19 bits per heavy atom. The number of carbonyl (C=O) groups excluding carboxylic acids is 1. The Morgan fingerprint density at radius 3 is 2.97 bits per heavy atom. The molecule has 0 radical (unpaired) electrons. The van der Waals surface area contributed by atoms with Crippen LogP contribution in [0.2, 0.25) is 0 Å². The number of aromatic amines is 1. The standard InChI is InChI=1S/C23H21FN6O/c24-19(12-22(31)28-17-4-5-17)14-2-1-3-15(10-14)23-25-9-8-21(29-23)27-18-6-7-20-16(11-18)13-26-30-20/h1-3,6-11,13,17,19H,4-5,12H2,(H,26,30)(H,28,31)(H,25,27,29). The van der Waals surface area contributed by atoms with Crippen LogP contribution in [0.3, 0.4) is 0 Å². The van der Waals surface area contributed by atoms with Gasteiger partial charge in [-0.05, 0) is 48.7 Å². The number of amides is 1. The summed E-state index contributed by atoms with van der Waals surface area (Å²) in [6.45, 7) is 0. The Bertz CT molecular complexity index is 1240. The Hall–Kier alpha value is -3.81. The lowest BCUT2D eigenvalue weighted by atomic mass is 10.0. The molecule has 1 amide bonds. The Morgan fingerprint density at radius 2 is 2.10 bits per heavy atom. The smallest absolute Gasteiger partial charge is 0.223 e. The highest BCUT2D eigenvalue weighted by Crippen LogP contribution is 2.27. The molecule has 0 bridgehead atoms. The van der Waals surface area contributed by atoms with Gasteiger partial charge in [-0.25, -0.2) is 14.4 Å². The quantitative estimate of drug-likeness (QED) is 0.414. The predicted molar refractivity (Wildman–Crippen MR) is 116 cm³/mol. The maximum Gasteiger partial charge on any atom is 0.223 e. The molecule has 1 atom stereocenters. The molecule has 3 N–H and O–H groups in total. The van der Waals surface area contributed by atoms with Crippen LogP contribution >= 0.6 is 0 Å². The first-order valence-corrected chi connectivity index (χ1v) is 10.2. The van der Waals surface area contributed by atoms with E-state index in [-0.39, 0.29) is 18.4 Å². The summed E-state index contributed by atoms with van der Waals surface area (Å²) in [5.41, 5.74) is 2.96. The lowest BCUT2D eigenvalue weighted by Crippen LogP contribution is -2.26. The van der Waals surface area contributed by atoms with Crippen molar-refractivity contribution in [3.63, 3.8) is 0 Å². The van der Waals surface area contributed by atoms with Crippen molar-refractivity contribution in [2.45, 2.75) is 31.5 Å². The lowest BCUT2D eigenvalue weighted by Gasteiger charge is -2.11. The van der Waals surface area contributed by atoms with Crippen molar-refractivity contribution < 1.29 is 9.18 Å². The lowest BCUT2D eigenvalue weighted by molar-refractivity contribution is -0.122. The molecule has 5 rings (SSSR count). The first kappa shape index (κ1) is 19.2. The fourth-order valence-electron chi connectivity index (χ4n) is 3.40. The number of carbonyl (C=O) groups is 1. The molecule has 7 nitrogen and oxygen atoms in total. The molecule has 31 heavy (non-hydrogen) atoms. The van der Waals surface area contributed by atoms with Crippen LogP contribution in [0.15, 0.2) is 60.9 Å². The zero-order valence-corrected chi connectivity index (χ0v) is 16.7. The summed E-state index contributed by atoms with van der Waals surface area (Å²) in [6, 6.07) is 14.8. The summed E-state index contributed by atoms with van der Waals surface area (Å²) < 4.78 is 14.7. The van der Waals surface area contributed by atoms with Crippen molar-refractivity contribution >= 4 is 28.3 Å². The summed E-state index contributed by atoms with van der Waals surface area (Å²) in [5, 5.41) is 14.0. The molecule has 156 valence electrons. The van der Waals surface area contributed by atoms with Crippen molar-refractivity contribution in [3.8, 4) is 11.4 Å². The van der Waals surface area contributed by atoms with E-state index in [9.17, 15) is 9.18 Å². The SMILES string of the molecule is O=C(CC(F)c1cccc(-c2nccc(Nc3ccc4[nH]ncc4c3)n2)c1)NC1CC1. The molecular formula is C23H21FN6O. The molecule has 2 aromatic carbocycles. The van der Waals surface area contributed by atoms with Crippen LogP contribution in [0.25, 0.3) is 22.3 Å². The van der Waals surface area contributed by atoms with Gasteiger partial charge in [-0.3, -0.25) is 9.89 Å². The van der Waals surface area contributed by atoms with Crippen molar-refractivity contribution in [2.75, 3.05) is 5.32 Å². The molecule has 1 unspecified atom stereocenters. The van der Waals surface area contributed by atoms with Crippen LogP contribution in [-0.4, -0.2) is 32.1 Å². The molecule has 0 spiro atoms. The summed E-state index contributed by atoms with van der Waals surface area (Å²) in [5.74, 6) is 0.849. The minimum Gasteiger partial charge on any atom is -0.353 e. The van der Waals surface area contributed by atoms with Gasteiger partial charge >= 0.3 is 0 Å². The summed E-state index contributed by atoms with van der Waals surface area (Å²) in [6.07, 6.45) is 3.82. The number of hydrogen-bond acceptors (Lipinski definition) is 5. The van der Waals surface area contributed by atoms with Gasteiger partial charge in [-0.1, -0.05) is 18.2 Å². The first-order valence-electron chi connectivity index (χ1n) is 10.2. The molecular weight excluding hydrogens is 395 g/mol. The third-order valence-electron chi connectivity index (χ3n) is 5.18. The molecule has 1 aliphatic carbocycles. The number of nitrogens with zero attached hydrogens (tertiary/aromatic N) is 3. The summed E-state index contributed by atoms with van der Waals surface area (Å²) in [4.78, 5) is 20.8. The second kappa shape index (κ2) is 8.14. The van der Waals surface area contributed by atoms with Crippen molar-refractivity contribution in [3.05, 3.63) is 66.5 Å². The fraction of sp³-hybridized carbons (Fsp3) is 0.217. The van der Waals surface area contributed by atoms with Gasteiger partial charge in [0.15, 0.2) is 5.82 Å². The first-order chi connectivity index (χ1) is 15.1. The van der Waals surface area contributed by atoms with Gasteiger partial charge < -0.3 is 10.6 Å². The Kier molecular flexibility index (Phi) is 5.03. The second-order valence-corrected chi connectivity index (χ2v) is 7.70. The molecule has 0 aliphatic heterocycles. The molecule has 2 aromatic heterocycles. The second-order valence-electron chi connectivity index (χ2n) is 7.70. The van der Waals surface area contributed by atoms with Crippen LogP contribution in [0.5, 0.6) is 0 Å². The summed E-state index contributed by atoms with van der Waals surface area (Å²) in [7, 11) is 0. The van der Waals surface area contributed by atoms with Crippen molar-refractivity contribution in [1.29, 1.82) is 0 Å². The molecule has 1 saturated carbocycles. The van der Waals surface area contributed by atoms with Gasteiger partial charge in [0, 0.05) is 28.9 Å². The van der Waals surface area contributed by atoms with Gasteiger partial charge in [0.2, 0.25) is 5.91 Å². The van der Waals surface area contributed by atoms with E-state index in [0.29, 0.717) is 22.8 Å².